The van der Waals surface area contributed by atoms with Crippen LogP contribution in [0.3, 0.4) is 0 Å². The smallest absolute Gasteiger partial charge is 0.395 e. The number of aliphatic hydroxyl groups excluding tert-OH is 2. The summed E-state index contributed by atoms with van der Waals surface area (Å²) < 4.78 is 14.8. The highest BCUT2D eigenvalue weighted by atomic mass is 31.2. The van der Waals surface area contributed by atoms with E-state index in [9.17, 15) is 4.57 Å². The molecule has 32 heavy (non-hydrogen) atoms. The van der Waals surface area contributed by atoms with E-state index in [4.69, 9.17) is 20.0 Å². The molecule has 1 unspecified atom stereocenters. The Hall–Kier alpha value is -0.0100. The number of hydrogen-bond donors (Lipinski definition) is 4. The van der Waals surface area contributed by atoms with Crippen LogP contribution in [-0.2, 0) is 9.09 Å². The normalized spacial score (nSPS) is 12.6. The third-order valence-corrected chi connectivity index (χ3v) is 6.17. The minimum absolute atomic E-state index is 0.167. The average Bonchev–Trinajstić information content (AvgIpc) is 2.75. The second-order valence-electron chi connectivity index (χ2n) is 8.67. The van der Waals surface area contributed by atoms with Gasteiger partial charge < -0.3 is 20.0 Å². The van der Waals surface area contributed by atoms with E-state index in [0.717, 1.165) is 32.2 Å². The minimum Gasteiger partial charge on any atom is -0.395 e. The van der Waals surface area contributed by atoms with E-state index in [1.807, 2.05) is 6.92 Å². The van der Waals surface area contributed by atoms with Gasteiger partial charge >= 0.3 is 7.82 Å². The predicted molar refractivity (Wildman–Crippen MR) is 134 cm³/mol. The Bertz CT molecular complexity index is 402. The molecule has 196 valence electrons. The molecule has 0 aliphatic carbocycles. The number of rotatable bonds is 22. The van der Waals surface area contributed by atoms with Crippen LogP contribution in [0.4, 0.5) is 0 Å². The topological polar surface area (TPSA) is 110 Å². The Labute approximate surface area is 198 Å². The quantitative estimate of drug-likeness (QED) is 0.119. The van der Waals surface area contributed by atoms with Crippen molar-refractivity contribution in [1.29, 1.82) is 0 Å². The molecule has 0 aromatic carbocycles. The summed E-state index contributed by atoms with van der Waals surface area (Å²) in [6.45, 7) is 9.31. The second-order valence-corrected chi connectivity index (χ2v) is 9.91. The molecule has 0 aromatic rings. The van der Waals surface area contributed by atoms with Crippen LogP contribution in [0.25, 0.3) is 0 Å². The van der Waals surface area contributed by atoms with Crippen molar-refractivity contribution < 1.29 is 29.1 Å². The molecule has 7 nitrogen and oxygen atoms in total. The largest absolute Gasteiger partial charge is 0.469 e. The molecule has 0 saturated heterocycles. The van der Waals surface area contributed by atoms with Crippen LogP contribution < -0.4 is 0 Å². The number of unbranched alkanes of at least 4 members (excludes halogenated alkanes) is 10. The van der Waals surface area contributed by atoms with Crippen molar-refractivity contribution in [3.05, 3.63) is 0 Å². The van der Waals surface area contributed by atoms with Gasteiger partial charge in [0.1, 0.15) is 0 Å². The van der Waals surface area contributed by atoms with Crippen molar-refractivity contribution in [3.63, 3.8) is 0 Å². The maximum absolute atomic E-state index is 10.4. The third-order valence-electron chi connectivity index (χ3n) is 5.68. The van der Waals surface area contributed by atoms with Gasteiger partial charge in [0.15, 0.2) is 0 Å². The molecular weight excluding hydrogens is 429 g/mol. The lowest BCUT2D eigenvalue weighted by Crippen LogP contribution is -2.30. The first-order chi connectivity index (χ1) is 15.3. The van der Waals surface area contributed by atoms with Crippen LogP contribution in [0.5, 0.6) is 0 Å². The van der Waals surface area contributed by atoms with Gasteiger partial charge in [0.05, 0.1) is 19.8 Å². The van der Waals surface area contributed by atoms with Crippen LogP contribution in [0.15, 0.2) is 0 Å². The van der Waals surface area contributed by atoms with Crippen molar-refractivity contribution in [2.75, 3.05) is 39.5 Å². The van der Waals surface area contributed by atoms with Crippen LogP contribution in [0, 0.1) is 5.92 Å². The summed E-state index contributed by atoms with van der Waals surface area (Å²) in [6.07, 6.45) is 17.6. The van der Waals surface area contributed by atoms with Crippen LogP contribution >= 0.6 is 7.82 Å². The van der Waals surface area contributed by atoms with Crippen molar-refractivity contribution in [3.8, 4) is 0 Å². The van der Waals surface area contributed by atoms with Crippen LogP contribution in [0.2, 0.25) is 0 Å². The van der Waals surface area contributed by atoms with Gasteiger partial charge in [0.2, 0.25) is 0 Å². The molecule has 1 atom stereocenters. The van der Waals surface area contributed by atoms with E-state index in [-0.39, 0.29) is 25.7 Å². The van der Waals surface area contributed by atoms with Crippen molar-refractivity contribution in [2.45, 2.75) is 111 Å². The number of aliphatic hydroxyl groups is 2. The number of hydrogen-bond acceptors (Lipinski definition) is 5. The number of nitrogens with zero attached hydrogens (tertiary/aromatic N) is 1. The first kappa shape index (κ1) is 34.2. The van der Waals surface area contributed by atoms with E-state index in [0.29, 0.717) is 13.1 Å². The summed E-state index contributed by atoms with van der Waals surface area (Å²) in [5.41, 5.74) is 0. The zero-order valence-electron chi connectivity index (χ0n) is 21.2. The standard InChI is InChI=1S/C16H35NO2.C8H19O4P/c1-2-3-4-5-6-7-8-9-10-11-12-17(13-15-18)14-16-19;1-3-5-6-8(4-2)7-12-13(9,10)11/h18-19H,2-16H2,1H3;8H,3-7H2,1-2H3,(H2,9,10,11). The number of phosphoric acid groups is 1. The van der Waals surface area contributed by atoms with E-state index < -0.39 is 7.82 Å². The first-order valence-electron chi connectivity index (χ1n) is 13.0. The Morgan fingerprint density at radius 1 is 0.719 bits per heavy atom. The van der Waals surface area contributed by atoms with Crippen molar-refractivity contribution in [2.24, 2.45) is 5.92 Å². The van der Waals surface area contributed by atoms with E-state index >= 15 is 0 Å². The molecule has 4 N–H and O–H groups in total. The fourth-order valence-corrected chi connectivity index (χ4v) is 3.95. The second kappa shape index (κ2) is 25.6. The third kappa shape index (κ3) is 28.0. The fraction of sp³-hybridized carbons (Fsp3) is 1.00. The minimum atomic E-state index is -4.26. The molecule has 0 aliphatic rings. The molecule has 0 aliphatic heterocycles. The number of phosphoric ester groups is 1. The monoisotopic (exact) mass is 483 g/mol. The van der Waals surface area contributed by atoms with Gasteiger partial charge in [-0.3, -0.25) is 9.42 Å². The van der Waals surface area contributed by atoms with Crippen LogP contribution in [0.1, 0.15) is 111 Å². The molecule has 0 heterocycles. The van der Waals surface area contributed by atoms with E-state index in [1.54, 1.807) is 0 Å². The molecule has 0 rings (SSSR count). The molecule has 0 amide bonds. The maximum Gasteiger partial charge on any atom is 0.469 e. The first-order valence-corrected chi connectivity index (χ1v) is 14.5. The Morgan fingerprint density at radius 2 is 1.19 bits per heavy atom. The highest BCUT2D eigenvalue weighted by molar-refractivity contribution is 7.46. The fourth-order valence-electron chi connectivity index (χ4n) is 3.54. The summed E-state index contributed by atoms with van der Waals surface area (Å²) in [5.74, 6) is 0.271. The van der Waals surface area contributed by atoms with Crippen molar-refractivity contribution >= 4 is 7.82 Å². The molecule has 0 saturated carbocycles. The summed E-state index contributed by atoms with van der Waals surface area (Å²) in [4.78, 5) is 19.1. The van der Waals surface area contributed by atoms with Gasteiger partial charge in [-0.05, 0) is 25.3 Å². The zero-order valence-corrected chi connectivity index (χ0v) is 22.1. The summed E-state index contributed by atoms with van der Waals surface area (Å²) in [7, 11) is -4.26. The van der Waals surface area contributed by atoms with E-state index in [2.05, 4.69) is 23.3 Å². The van der Waals surface area contributed by atoms with Gasteiger partial charge in [-0.2, -0.15) is 0 Å². The highest BCUT2D eigenvalue weighted by Crippen LogP contribution is 2.36. The Kier molecular flexibility index (Phi) is 27.3. The molecule has 0 spiro atoms. The molecule has 0 aromatic heterocycles. The van der Waals surface area contributed by atoms with Crippen LogP contribution in [-0.4, -0.2) is 64.4 Å². The highest BCUT2D eigenvalue weighted by Gasteiger charge is 2.16. The lowest BCUT2D eigenvalue weighted by molar-refractivity contribution is 0.159. The molecular formula is C24H54NO6P. The summed E-state index contributed by atoms with van der Waals surface area (Å²) >= 11 is 0. The average molecular weight is 484 g/mol. The molecule has 0 radical (unpaired) electrons. The SMILES string of the molecule is CCCCC(CC)COP(=O)(O)O.CCCCCCCCCCCCN(CCO)CCO. The summed E-state index contributed by atoms with van der Waals surface area (Å²) in [5, 5.41) is 17.8. The lowest BCUT2D eigenvalue weighted by Gasteiger charge is -2.19. The zero-order chi connectivity index (χ0) is 24.5. The Morgan fingerprint density at radius 3 is 1.59 bits per heavy atom. The van der Waals surface area contributed by atoms with Gasteiger partial charge in [-0.15, -0.1) is 0 Å². The summed E-state index contributed by atoms with van der Waals surface area (Å²) in [6, 6.07) is 0. The van der Waals surface area contributed by atoms with Gasteiger partial charge in [0.25, 0.3) is 0 Å². The van der Waals surface area contributed by atoms with Gasteiger partial charge in [0, 0.05) is 13.1 Å². The maximum atomic E-state index is 10.4. The molecule has 0 bridgehead atoms. The van der Waals surface area contributed by atoms with Crippen molar-refractivity contribution in [1.82, 2.24) is 4.90 Å². The predicted octanol–water partition coefficient (Wildman–Crippen LogP) is 5.51. The molecule has 8 heteroatoms. The van der Waals surface area contributed by atoms with Gasteiger partial charge in [-0.1, -0.05) is 97.8 Å². The lowest BCUT2D eigenvalue weighted by atomic mass is 10.0. The van der Waals surface area contributed by atoms with Gasteiger partial charge in [-0.25, -0.2) is 4.57 Å². The van der Waals surface area contributed by atoms with E-state index in [1.165, 1.54) is 64.2 Å². The molecule has 0 fully saturated rings. The Balaban J connectivity index is 0.